The number of thiol groups is 1. The molecule has 0 aliphatic heterocycles. The maximum absolute atomic E-state index is 9.62. The number of rotatable bonds is 1. The van der Waals surface area contributed by atoms with E-state index in [1.54, 1.807) is 0 Å². The van der Waals surface area contributed by atoms with Gasteiger partial charge < -0.3 is 6.53 Å². The second-order valence-electron chi connectivity index (χ2n) is 1.01. The molecule has 0 aromatic carbocycles. The molecule has 1 N–H and O–H groups in total. The second kappa shape index (κ2) is 5.59. The Hall–Kier alpha value is 1.46. The maximum Gasteiger partial charge on any atom is 1.00 e. The molecular formula is C3H7KO2S. The predicted molar refractivity (Wildman–Crippen MR) is 27.2 cm³/mol. The van der Waals surface area contributed by atoms with E-state index in [1.807, 2.05) is 0 Å². The molecule has 0 aromatic heterocycles. The SMILES string of the molecule is CC(S)C(=O)O.[H-].[K+]. The topological polar surface area (TPSA) is 37.3 Å². The summed E-state index contributed by atoms with van der Waals surface area (Å²) in [6.07, 6.45) is 0. The Labute approximate surface area is 92.0 Å². The molecule has 1 unspecified atom stereocenters. The first-order chi connectivity index (χ1) is 2.64. The van der Waals surface area contributed by atoms with Crippen LogP contribution in [-0.2, 0) is 4.79 Å². The summed E-state index contributed by atoms with van der Waals surface area (Å²) >= 11 is 3.59. The van der Waals surface area contributed by atoms with E-state index in [0.29, 0.717) is 0 Å². The van der Waals surface area contributed by atoms with Gasteiger partial charge in [0.2, 0.25) is 0 Å². The van der Waals surface area contributed by atoms with Crippen molar-refractivity contribution in [3.63, 3.8) is 0 Å². The molecule has 7 heavy (non-hydrogen) atoms. The summed E-state index contributed by atoms with van der Waals surface area (Å²) in [5.41, 5.74) is 0. The minimum absolute atomic E-state index is 0. The molecule has 38 valence electrons. The monoisotopic (exact) mass is 146 g/mol. The first kappa shape index (κ1) is 11.3. The summed E-state index contributed by atoms with van der Waals surface area (Å²) in [5.74, 6) is -0.877. The Balaban J connectivity index is -0.000000125. The minimum atomic E-state index is -0.877. The number of carbonyl (C=O) groups is 1. The van der Waals surface area contributed by atoms with E-state index < -0.39 is 11.2 Å². The van der Waals surface area contributed by atoms with Crippen LogP contribution in [0.1, 0.15) is 8.35 Å². The fraction of sp³-hybridized carbons (Fsp3) is 0.667. The van der Waals surface area contributed by atoms with E-state index in [9.17, 15) is 4.79 Å². The van der Waals surface area contributed by atoms with Gasteiger partial charge in [0.15, 0.2) is 0 Å². The van der Waals surface area contributed by atoms with Crippen LogP contribution in [0.15, 0.2) is 0 Å². The predicted octanol–water partition coefficient (Wildman–Crippen LogP) is -2.49. The molecule has 0 bridgehead atoms. The largest absolute Gasteiger partial charge is 1.00 e. The third-order valence-corrected chi connectivity index (χ3v) is 0.578. The van der Waals surface area contributed by atoms with Crippen LogP contribution < -0.4 is 51.4 Å². The quantitative estimate of drug-likeness (QED) is 0.317. The Bertz CT molecular complexity index is 68.3. The third-order valence-electron chi connectivity index (χ3n) is 0.357. The summed E-state index contributed by atoms with van der Waals surface area (Å²) in [7, 11) is 0. The molecule has 0 saturated heterocycles. The maximum atomic E-state index is 9.62. The molecule has 0 spiro atoms. The van der Waals surface area contributed by atoms with Gasteiger partial charge in [0.25, 0.3) is 0 Å². The summed E-state index contributed by atoms with van der Waals surface area (Å²) in [6.45, 7) is 1.51. The Morgan fingerprint density at radius 2 is 2.14 bits per heavy atom. The van der Waals surface area contributed by atoms with Crippen molar-refractivity contribution >= 4 is 18.6 Å². The second-order valence-corrected chi connectivity index (χ2v) is 1.79. The molecule has 0 radical (unpaired) electrons. The molecule has 0 amide bonds. The van der Waals surface area contributed by atoms with Gasteiger partial charge in [-0.25, -0.2) is 0 Å². The molecule has 0 aromatic rings. The van der Waals surface area contributed by atoms with Gasteiger partial charge in [-0.2, -0.15) is 12.6 Å². The van der Waals surface area contributed by atoms with Crippen LogP contribution >= 0.6 is 12.6 Å². The molecule has 2 nitrogen and oxygen atoms in total. The Morgan fingerprint density at radius 1 is 2.00 bits per heavy atom. The van der Waals surface area contributed by atoms with Crippen molar-refractivity contribution in [3.05, 3.63) is 0 Å². The fourth-order valence-electron chi connectivity index (χ4n) is 0. The van der Waals surface area contributed by atoms with E-state index in [1.165, 1.54) is 6.92 Å². The van der Waals surface area contributed by atoms with Crippen LogP contribution in [0.5, 0.6) is 0 Å². The number of aliphatic carboxylic acids is 1. The van der Waals surface area contributed by atoms with Crippen LogP contribution in [-0.4, -0.2) is 16.3 Å². The third kappa shape index (κ3) is 7.46. The average molecular weight is 146 g/mol. The number of carboxylic acid groups (broad SMARTS) is 1. The standard InChI is InChI=1S/C3H6O2S.K.H/c1-2(6)3(4)5;;/h2,6H,1H3,(H,4,5);;/q;+1;-1. The van der Waals surface area contributed by atoms with Crippen molar-refractivity contribution in [1.29, 1.82) is 0 Å². The zero-order valence-corrected chi connectivity index (χ0v) is 8.40. The van der Waals surface area contributed by atoms with Gasteiger partial charge in [0, 0.05) is 0 Å². The first-order valence-corrected chi connectivity index (χ1v) is 2.07. The van der Waals surface area contributed by atoms with E-state index in [-0.39, 0.29) is 52.8 Å². The van der Waals surface area contributed by atoms with Crippen molar-refractivity contribution in [1.82, 2.24) is 0 Å². The number of hydrogen-bond donors (Lipinski definition) is 2. The molecule has 0 fully saturated rings. The molecule has 4 heteroatoms. The van der Waals surface area contributed by atoms with Crippen LogP contribution in [0.2, 0.25) is 0 Å². The van der Waals surface area contributed by atoms with E-state index in [4.69, 9.17) is 5.11 Å². The van der Waals surface area contributed by atoms with Crippen molar-refractivity contribution < 1.29 is 62.7 Å². The molecule has 0 aliphatic carbocycles. The number of hydrogen-bond acceptors (Lipinski definition) is 2. The van der Waals surface area contributed by atoms with Crippen LogP contribution in [0.4, 0.5) is 0 Å². The van der Waals surface area contributed by atoms with E-state index in [0.717, 1.165) is 0 Å². The Kier molecular flexibility index (Phi) is 9.01. The molecule has 0 rings (SSSR count). The van der Waals surface area contributed by atoms with Gasteiger partial charge in [-0.15, -0.1) is 0 Å². The molecular weight excluding hydrogens is 139 g/mol. The zero-order valence-electron chi connectivity index (χ0n) is 5.38. The smallest absolute Gasteiger partial charge is 1.00 e. The van der Waals surface area contributed by atoms with Crippen molar-refractivity contribution in [2.24, 2.45) is 0 Å². The zero-order chi connectivity index (χ0) is 5.15. The van der Waals surface area contributed by atoms with Gasteiger partial charge >= 0.3 is 57.4 Å². The fourth-order valence-corrected chi connectivity index (χ4v) is 0. The van der Waals surface area contributed by atoms with Crippen LogP contribution in [0, 0.1) is 0 Å². The van der Waals surface area contributed by atoms with Gasteiger partial charge in [0.05, 0.1) is 5.25 Å². The normalized spacial score (nSPS) is 11.7. The first-order valence-electron chi connectivity index (χ1n) is 1.55. The van der Waals surface area contributed by atoms with Gasteiger partial charge in [-0.3, -0.25) is 4.79 Å². The van der Waals surface area contributed by atoms with Gasteiger partial charge in [-0.05, 0) is 6.92 Å². The van der Waals surface area contributed by atoms with Crippen LogP contribution in [0.25, 0.3) is 0 Å². The summed E-state index contributed by atoms with van der Waals surface area (Å²) in [4.78, 5) is 9.62. The summed E-state index contributed by atoms with van der Waals surface area (Å²) < 4.78 is 0. The summed E-state index contributed by atoms with van der Waals surface area (Å²) in [6, 6.07) is 0. The average Bonchev–Trinajstić information content (AvgIpc) is 1.36. The number of carboxylic acids is 1. The molecule has 0 aliphatic rings. The van der Waals surface area contributed by atoms with Gasteiger partial charge in [-0.1, -0.05) is 0 Å². The summed E-state index contributed by atoms with van der Waals surface area (Å²) in [5, 5.41) is 7.38. The molecule has 0 heterocycles. The molecule has 0 saturated carbocycles. The molecule has 1 atom stereocenters. The van der Waals surface area contributed by atoms with Crippen molar-refractivity contribution in [3.8, 4) is 0 Å². The van der Waals surface area contributed by atoms with Crippen molar-refractivity contribution in [2.45, 2.75) is 12.2 Å². The minimum Gasteiger partial charge on any atom is -1.00 e. The van der Waals surface area contributed by atoms with Crippen LogP contribution in [0.3, 0.4) is 0 Å². The van der Waals surface area contributed by atoms with Gasteiger partial charge in [0.1, 0.15) is 0 Å². The van der Waals surface area contributed by atoms with Crippen molar-refractivity contribution in [2.75, 3.05) is 0 Å². The Morgan fingerprint density at radius 3 is 2.14 bits per heavy atom. The van der Waals surface area contributed by atoms with E-state index in [2.05, 4.69) is 12.6 Å². The van der Waals surface area contributed by atoms with E-state index >= 15 is 0 Å².